The first kappa shape index (κ1) is 12.1. The maximum Gasteiger partial charge on any atom is 0.335 e. The summed E-state index contributed by atoms with van der Waals surface area (Å²) in [5.74, 6) is -0.830. The molecule has 1 aliphatic heterocycles. The number of carbonyl (C=O) groups is 1. The average molecular weight is 233 g/mol. The Morgan fingerprint density at radius 2 is 2.12 bits per heavy atom. The van der Waals surface area contributed by atoms with E-state index in [1.165, 1.54) is 12.8 Å². The normalized spacial score (nSPS) is 20.2. The molecule has 1 aromatic carbocycles. The largest absolute Gasteiger partial charge is 0.478 e. The van der Waals surface area contributed by atoms with Gasteiger partial charge in [-0.25, -0.2) is 4.79 Å². The Hall–Kier alpha value is -1.35. The highest BCUT2D eigenvalue weighted by atomic mass is 16.4. The third-order valence-corrected chi connectivity index (χ3v) is 3.63. The number of aryl methyl sites for hydroxylation is 1. The number of piperidine rings is 1. The van der Waals surface area contributed by atoms with Gasteiger partial charge in [-0.15, -0.1) is 0 Å². The van der Waals surface area contributed by atoms with Gasteiger partial charge in [-0.3, -0.25) is 0 Å². The average Bonchev–Trinajstić information content (AvgIpc) is 2.33. The highest BCUT2D eigenvalue weighted by Crippen LogP contribution is 2.26. The highest BCUT2D eigenvalue weighted by Gasteiger charge is 2.18. The molecule has 1 saturated heterocycles. The fourth-order valence-corrected chi connectivity index (χ4v) is 2.45. The van der Waals surface area contributed by atoms with Crippen LogP contribution in [-0.2, 0) is 0 Å². The van der Waals surface area contributed by atoms with E-state index in [1.807, 2.05) is 19.9 Å². The predicted octanol–water partition coefficient (Wildman–Crippen LogP) is 2.82. The molecular weight excluding hydrogens is 214 g/mol. The Kier molecular flexibility index (Phi) is 3.48. The summed E-state index contributed by atoms with van der Waals surface area (Å²) in [6.45, 7) is 4.88. The molecule has 0 saturated carbocycles. The molecular formula is C14H19NO2. The molecule has 0 aliphatic carbocycles. The SMILES string of the molecule is Cc1cc(C2CCCCN2)cc(C(=O)O)c1C. The number of rotatable bonds is 2. The standard InChI is InChI=1S/C14H19NO2/c1-9-7-11(13-5-3-4-6-15-13)8-12(10(9)2)14(16)17/h7-8,13,15H,3-6H2,1-2H3,(H,16,17). The second-order valence-corrected chi connectivity index (χ2v) is 4.82. The van der Waals surface area contributed by atoms with E-state index in [9.17, 15) is 9.90 Å². The Morgan fingerprint density at radius 1 is 1.35 bits per heavy atom. The maximum atomic E-state index is 11.2. The van der Waals surface area contributed by atoms with Gasteiger partial charge in [0.25, 0.3) is 0 Å². The second-order valence-electron chi connectivity index (χ2n) is 4.82. The lowest BCUT2D eigenvalue weighted by atomic mass is 9.92. The molecule has 1 aliphatic rings. The zero-order valence-electron chi connectivity index (χ0n) is 10.4. The van der Waals surface area contributed by atoms with Crippen molar-refractivity contribution >= 4 is 5.97 Å². The first-order valence-electron chi connectivity index (χ1n) is 6.17. The third kappa shape index (κ3) is 2.50. The van der Waals surface area contributed by atoms with Crippen molar-refractivity contribution in [2.75, 3.05) is 6.54 Å². The lowest BCUT2D eigenvalue weighted by Gasteiger charge is -2.25. The van der Waals surface area contributed by atoms with Gasteiger partial charge in [0.1, 0.15) is 0 Å². The van der Waals surface area contributed by atoms with Crippen LogP contribution in [0.1, 0.15) is 52.4 Å². The predicted molar refractivity (Wildman–Crippen MR) is 67.5 cm³/mol. The number of hydrogen-bond donors (Lipinski definition) is 2. The van der Waals surface area contributed by atoms with Gasteiger partial charge in [0.05, 0.1) is 5.56 Å². The van der Waals surface area contributed by atoms with Crippen molar-refractivity contribution < 1.29 is 9.90 Å². The van der Waals surface area contributed by atoms with E-state index in [-0.39, 0.29) is 0 Å². The molecule has 2 N–H and O–H groups in total. The minimum absolute atomic E-state index is 0.321. The van der Waals surface area contributed by atoms with Gasteiger partial charge < -0.3 is 10.4 Å². The molecule has 3 nitrogen and oxygen atoms in total. The monoisotopic (exact) mass is 233 g/mol. The van der Waals surface area contributed by atoms with Crippen molar-refractivity contribution in [2.45, 2.75) is 39.2 Å². The van der Waals surface area contributed by atoms with Gasteiger partial charge in [0.2, 0.25) is 0 Å². The van der Waals surface area contributed by atoms with Crippen LogP contribution in [0, 0.1) is 13.8 Å². The number of hydrogen-bond acceptors (Lipinski definition) is 2. The van der Waals surface area contributed by atoms with Crippen molar-refractivity contribution in [3.63, 3.8) is 0 Å². The maximum absolute atomic E-state index is 11.2. The fraction of sp³-hybridized carbons (Fsp3) is 0.500. The fourth-order valence-electron chi connectivity index (χ4n) is 2.45. The second kappa shape index (κ2) is 4.88. The van der Waals surface area contributed by atoms with Gasteiger partial charge in [0.15, 0.2) is 0 Å². The molecule has 1 aromatic rings. The minimum atomic E-state index is -0.830. The summed E-state index contributed by atoms with van der Waals surface area (Å²) in [4.78, 5) is 11.2. The number of carboxylic acids is 1. The Morgan fingerprint density at radius 3 is 2.71 bits per heavy atom. The summed E-state index contributed by atoms with van der Waals surface area (Å²) in [5.41, 5.74) is 3.49. The molecule has 1 fully saturated rings. The van der Waals surface area contributed by atoms with Crippen LogP contribution in [-0.4, -0.2) is 17.6 Å². The van der Waals surface area contributed by atoms with Crippen LogP contribution in [0.15, 0.2) is 12.1 Å². The molecule has 1 heterocycles. The number of carboxylic acid groups (broad SMARTS) is 1. The molecule has 1 unspecified atom stereocenters. The molecule has 0 radical (unpaired) electrons. The Labute approximate surface area is 102 Å². The van der Waals surface area contributed by atoms with Gasteiger partial charge in [-0.05, 0) is 56.0 Å². The van der Waals surface area contributed by atoms with E-state index in [1.54, 1.807) is 0 Å². The van der Waals surface area contributed by atoms with Crippen LogP contribution in [0.2, 0.25) is 0 Å². The smallest absolute Gasteiger partial charge is 0.335 e. The quantitative estimate of drug-likeness (QED) is 0.825. The van der Waals surface area contributed by atoms with Crippen LogP contribution in [0.4, 0.5) is 0 Å². The van der Waals surface area contributed by atoms with E-state index in [4.69, 9.17) is 0 Å². The van der Waals surface area contributed by atoms with E-state index in [2.05, 4.69) is 11.4 Å². The highest BCUT2D eigenvalue weighted by molar-refractivity contribution is 5.90. The van der Waals surface area contributed by atoms with Gasteiger partial charge >= 0.3 is 5.97 Å². The molecule has 0 bridgehead atoms. The Balaban J connectivity index is 2.37. The van der Waals surface area contributed by atoms with E-state index >= 15 is 0 Å². The lowest BCUT2D eigenvalue weighted by Crippen LogP contribution is -2.27. The van der Waals surface area contributed by atoms with Crippen molar-refractivity contribution in [3.8, 4) is 0 Å². The topological polar surface area (TPSA) is 49.3 Å². The van der Waals surface area contributed by atoms with Crippen molar-refractivity contribution in [1.82, 2.24) is 5.32 Å². The third-order valence-electron chi connectivity index (χ3n) is 3.63. The first-order valence-corrected chi connectivity index (χ1v) is 6.17. The molecule has 17 heavy (non-hydrogen) atoms. The van der Waals surface area contributed by atoms with Crippen molar-refractivity contribution in [1.29, 1.82) is 0 Å². The van der Waals surface area contributed by atoms with Gasteiger partial charge in [-0.2, -0.15) is 0 Å². The van der Waals surface area contributed by atoms with Crippen molar-refractivity contribution in [3.05, 3.63) is 34.4 Å². The molecule has 92 valence electrons. The van der Waals surface area contributed by atoms with Gasteiger partial charge in [-0.1, -0.05) is 12.5 Å². The summed E-state index contributed by atoms with van der Waals surface area (Å²) in [6, 6.07) is 4.26. The van der Waals surface area contributed by atoms with Crippen LogP contribution >= 0.6 is 0 Å². The van der Waals surface area contributed by atoms with Crippen LogP contribution < -0.4 is 5.32 Å². The summed E-state index contributed by atoms with van der Waals surface area (Å²) in [7, 11) is 0. The molecule has 3 heteroatoms. The first-order chi connectivity index (χ1) is 8.09. The summed E-state index contributed by atoms with van der Waals surface area (Å²) >= 11 is 0. The molecule has 0 spiro atoms. The summed E-state index contributed by atoms with van der Waals surface area (Å²) in [5, 5.41) is 12.6. The van der Waals surface area contributed by atoms with Crippen molar-refractivity contribution in [2.24, 2.45) is 0 Å². The molecule has 0 aromatic heterocycles. The zero-order chi connectivity index (χ0) is 12.4. The number of aromatic carboxylic acids is 1. The van der Waals surface area contributed by atoms with E-state index < -0.39 is 5.97 Å². The van der Waals surface area contributed by atoms with Gasteiger partial charge in [0, 0.05) is 6.04 Å². The number of nitrogens with one attached hydrogen (secondary N) is 1. The molecule has 2 rings (SSSR count). The zero-order valence-corrected chi connectivity index (χ0v) is 10.4. The van der Waals surface area contributed by atoms with Crippen LogP contribution in [0.3, 0.4) is 0 Å². The molecule has 0 amide bonds. The molecule has 1 atom stereocenters. The minimum Gasteiger partial charge on any atom is -0.478 e. The summed E-state index contributed by atoms with van der Waals surface area (Å²) < 4.78 is 0. The van der Waals surface area contributed by atoms with E-state index in [0.717, 1.165) is 29.7 Å². The van der Waals surface area contributed by atoms with E-state index in [0.29, 0.717) is 11.6 Å². The van der Waals surface area contributed by atoms with Crippen LogP contribution in [0.25, 0.3) is 0 Å². The summed E-state index contributed by atoms with van der Waals surface area (Å²) in [6.07, 6.45) is 3.53. The lowest BCUT2D eigenvalue weighted by molar-refractivity contribution is 0.0696. The Bertz CT molecular complexity index is 434. The number of benzene rings is 1. The van der Waals surface area contributed by atoms with Crippen LogP contribution in [0.5, 0.6) is 0 Å².